The zero-order valence-electron chi connectivity index (χ0n) is 10.3. The zero-order valence-corrected chi connectivity index (χ0v) is 10.3. The predicted molar refractivity (Wildman–Crippen MR) is 74.9 cm³/mol. The van der Waals surface area contributed by atoms with E-state index in [0.29, 0.717) is 0 Å². The van der Waals surface area contributed by atoms with Gasteiger partial charge in [0, 0.05) is 12.5 Å². The SMILES string of the molecule is NCC(N)(N)C(c1ccccc1)c1ccccc1. The third-order valence-corrected chi connectivity index (χ3v) is 3.16. The Morgan fingerprint density at radius 1 is 0.778 bits per heavy atom. The van der Waals surface area contributed by atoms with Crippen molar-refractivity contribution in [3.63, 3.8) is 0 Å². The van der Waals surface area contributed by atoms with Crippen LogP contribution in [0, 0.1) is 0 Å². The minimum absolute atomic E-state index is 0.107. The highest BCUT2D eigenvalue weighted by molar-refractivity contribution is 5.36. The molecule has 3 heteroatoms. The molecular formula is C15H19N3. The van der Waals surface area contributed by atoms with Gasteiger partial charge in [0.1, 0.15) is 0 Å². The van der Waals surface area contributed by atoms with E-state index in [-0.39, 0.29) is 12.5 Å². The summed E-state index contributed by atoms with van der Waals surface area (Å²) in [5.74, 6) is -0.107. The number of hydrogen-bond acceptors (Lipinski definition) is 3. The van der Waals surface area contributed by atoms with Gasteiger partial charge in [-0.05, 0) is 11.1 Å². The Balaban J connectivity index is 2.49. The minimum Gasteiger partial charge on any atom is -0.328 e. The van der Waals surface area contributed by atoms with Gasteiger partial charge in [-0.1, -0.05) is 60.7 Å². The van der Waals surface area contributed by atoms with Gasteiger partial charge in [-0.15, -0.1) is 0 Å². The Morgan fingerprint density at radius 2 is 1.17 bits per heavy atom. The van der Waals surface area contributed by atoms with Gasteiger partial charge in [-0.25, -0.2) is 0 Å². The normalized spacial score (nSPS) is 11.8. The second-order valence-electron chi connectivity index (χ2n) is 4.57. The molecule has 2 rings (SSSR count). The van der Waals surface area contributed by atoms with Crippen LogP contribution in [-0.2, 0) is 0 Å². The highest BCUT2D eigenvalue weighted by Gasteiger charge is 2.32. The first kappa shape index (κ1) is 12.8. The van der Waals surface area contributed by atoms with Crippen LogP contribution in [-0.4, -0.2) is 12.2 Å². The molecule has 0 aromatic heterocycles. The average Bonchev–Trinajstić information content (AvgIpc) is 2.41. The smallest absolute Gasteiger partial charge is 0.0874 e. The summed E-state index contributed by atoms with van der Waals surface area (Å²) in [6, 6.07) is 20.0. The van der Waals surface area contributed by atoms with Gasteiger partial charge in [-0.2, -0.15) is 0 Å². The third-order valence-electron chi connectivity index (χ3n) is 3.16. The summed E-state index contributed by atoms with van der Waals surface area (Å²) in [6.45, 7) is 0.224. The van der Waals surface area contributed by atoms with Gasteiger partial charge < -0.3 is 17.2 Å². The molecule has 2 aromatic rings. The standard InChI is InChI=1S/C15H19N3/c16-11-15(17,18)14(12-7-3-1-4-8-12)13-9-5-2-6-10-13/h1-10,14H,11,16-18H2. The number of nitrogens with two attached hydrogens (primary N) is 3. The van der Waals surface area contributed by atoms with Crippen molar-refractivity contribution >= 4 is 0 Å². The van der Waals surface area contributed by atoms with Gasteiger partial charge >= 0.3 is 0 Å². The monoisotopic (exact) mass is 241 g/mol. The van der Waals surface area contributed by atoms with Crippen LogP contribution < -0.4 is 17.2 Å². The quantitative estimate of drug-likeness (QED) is 0.708. The summed E-state index contributed by atoms with van der Waals surface area (Å²) in [7, 11) is 0. The number of benzene rings is 2. The van der Waals surface area contributed by atoms with Crippen molar-refractivity contribution in [3.8, 4) is 0 Å². The van der Waals surface area contributed by atoms with E-state index in [1.54, 1.807) is 0 Å². The maximum atomic E-state index is 6.18. The molecule has 0 heterocycles. The molecule has 0 atom stereocenters. The van der Waals surface area contributed by atoms with Crippen LogP contribution in [0.5, 0.6) is 0 Å². The van der Waals surface area contributed by atoms with E-state index in [1.165, 1.54) is 0 Å². The highest BCUT2D eigenvalue weighted by atomic mass is 15.0. The molecule has 18 heavy (non-hydrogen) atoms. The van der Waals surface area contributed by atoms with Crippen molar-refractivity contribution in [2.24, 2.45) is 17.2 Å². The van der Waals surface area contributed by atoms with Crippen LogP contribution in [0.25, 0.3) is 0 Å². The lowest BCUT2D eigenvalue weighted by molar-refractivity contribution is 0.402. The van der Waals surface area contributed by atoms with Crippen molar-refractivity contribution in [1.82, 2.24) is 0 Å². The molecule has 0 aliphatic rings. The first-order valence-corrected chi connectivity index (χ1v) is 6.03. The number of hydrogen-bond donors (Lipinski definition) is 3. The maximum absolute atomic E-state index is 6.18. The molecule has 0 radical (unpaired) electrons. The van der Waals surface area contributed by atoms with Crippen molar-refractivity contribution in [2.45, 2.75) is 11.6 Å². The Kier molecular flexibility index (Phi) is 3.77. The minimum atomic E-state index is -0.956. The fraction of sp³-hybridized carbons (Fsp3) is 0.200. The molecule has 0 saturated carbocycles. The molecule has 6 N–H and O–H groups in total. The molecular weight excluding hydrogens is 222 g/mol. The predicted octanol–water partition coefficient (Wildman–Crippen LogP) is 1.39. The van der Waals surface area contributed by atoms with E-state index in [4.69, 9.17) is 17.2 Å². The summed E-state index contributed by atoms with van der Waals surface area (Å²) >= 11 is 0. The molecule has 0 amide bonds. The topological polar surface area (TPSA) is 78.1 Å². The van der Waals surface area contributed by atoms with Gasteiger partial charge in [0.15, 0.2) is 0 Å². The highest BCUT2D eigenvalue weighted by Crippen LogP contribution is 2.30. The van der Waals surface area contributed by atoms with Crippen molar-refractivity contribution in [2.75, 3.05) is 6.54 Å². The largest absolute Gasteiger partial charge is 0.328 e. The van der Waals surface area contributed by atoms with Crippen LogP contribution in [0.1, 0.15) is 17.0 Å². The molecule has 0 aliphatic carbocycles. The Bertz CT molecular complexity index is 440. The summed E-state index contributed by atoms with van der Waals surface area (Å²) in [5, 5.41) is 0. The zero-order chi connectivity index (χ0) is 13.0. The summed E-state index contributed by atoms with van der Waals surface area (Å²) in [6.07, 6.45) is 0. The Labute approximate surface area is 108 Å². The van der Waals surface area contributed by atoms with E-state index in [0.717, 1.165) is 11.1 Å². The van der Waals surface area contributed by atoms with Crippen LogP contribution in [0.2, 0.25) is 0 Å². The van der Waals surface area contributed by atoms with Gasteiger partial charge in [0.2, 0.25) is 0 Å². The Morgan fingerprint density at radius 3 is 1.50 bits per heavy atom. The van der Waals surface area contributed by atoms with Crippen LogP contribution >= 0.6 is 0 Å². The van der Waals surface area contributed by atoms with Gasteiger partial charge in [-0.3, -0.25) is 0 Å². The van der Waals surface area contributed by atoms with E-state index in [2.05, 4.69) is 0 Å². The lowest BCUT2D eigenvalue weighted by Crippen LogP contribution is -2.59. The molecule has 0 fully saturated rings. The van der Waals surface area contributed by atoms with E-state index >= 15 is 0 Å². The lowest BCUT2D eigenvalue weighted by atomic mass is 9.81. The van der Waals surface area contributed by atoms with E-state index < -0.39 is 5.66 Å². The fourth-order valence-corrected chi connectivity index (χ4v) is 2.22. The van der Waals surface area contributed by atoms with Crippen molar-refractivity contribution in [1.29, 1.82) is 0 Å². The second kappa shape index (κ2) is 5.31. The lowest BCUT2D eigenvalue weighted by Gasteiger charge is -2.33. The Hall–Kier alpha value is -1.68. The second-order valence-corrected chi connectivity index (χ2v) is 4.57. The van der Waals surface area contributed by atoms with Crippen LogP contribution in [0.4, 0.5) is 0 Å². The van der Waals surface area contributed by atoms with E-state index in [1.807, 2.05) is 60.7 Å². The molecule has 2 aromatic carbocycles. The van der Waals surface area contributed by atoms with Crippen LogP contribution in [0.15, 0.2) is 60.7 Å². The first-order chi connectivity index (χ1) is 8.65. The van der Waals surface area contributed by atoms with Gasteiger partial charge in [0.25, 0.3) is 0 Å². The fourth-order valence-electron chi connectivity index (χ4n) is 2.22. The summed E-state index contributed by atoms with van der Waals surface area (Å²) in [4.78, 5) is 0. The molecule has 0 bridgehead atoms. The van der Waals surface area contributed by atoms with Crippen molar-refractivity contribution < 1.29 is 0 Å². The maximum Gasteiger partial charge on any atom is 0.0874 e. The molecule has 0 spiro atoms. The van der Waals surface area contributed by atoms with Crippen molar-refractivity contribution in [3.05, 3.63) is 71.8 Å². The van der Waals surface area contributed by atoms with Crippen LogP contribution in [0.3, 0.4) is 0 Å². The summed E-state index contributed by atoms with van der Waals surface area (Å²) < 4.78 is 0. The average molecular weight is 241 g/mol. The number of rotatable bonds is 4. The summed E-state index contributed by atoms with van der Waals surface area (Å²) in [5.41, 5.74) is 19.3. The molecule has 0 saturated heterocycles. The van der Waals surface area contributed by atoms with E-state index in [9.17, 15) is 0 Å². The van der Waals surface area contributed by atoms with Gasteiger partial charge in [0.05, 0.1) is 5.66 Å². The molecule has 0 unspecified atom stereocenters. The molecule has 94 valence electrons. The first-order valence-electron chi connectivity index (χ1n) is 6.03. The molecule has 3 nitrogen and oxygen atoms in total. The molecule has 0 aliphatic heterocycles. The third kappa shape index (κ3) is 2.59.